The summed E-state index contributed by atoms with van der Waals surface area (Å²) < 4.78 is 124. The first-order valence-electron chi connectivity index (χ1n) is 46.3. The van der Waals surface area contributed by atoms with Gasteiger partial charge in [0.25, 0.3) is 23.6 Å². The van der Waals surface area contributed by atoms with Gasteiger partial charge in [-0.3, -0.25) is 38.1 Å². The highest BCUT2D eigenvalue weighted by molar-refractivity contribution is 8.27. The van der Waals surface area contributed by atoms with Gasteiger partial charge >= 0.3 is 5.24 Å². The van der Waals surface area contributed by atoms with Crippen LogP contribution in [0.3, 0.4) is 0 Å². The van der Waals surface area contributed by atoms with Crippen molar-refractivity contribution in [1.82, 2.24) is 0 Å². The zero-order chi connectivity index (χ0) is 108. The smallest absolute Gasteiger partial charge is 0.338 e. The van der Waals surface area contributed by atoms with Gasteiger partial charge in [-0.1, -0.05) is 212 Å². The number of rotatable bonds is 28. The van der Waals surface area contributed by atoms with Gasteiger partial charge in [-0.05, 0) is 242 Å². The van der Waals surface area contributed by atoms with Crippen molar-refractivity contribution in [2.45, 2.75) is 177 Å². The number of hydrogen-bond acceptors (Lipinski definition) is 20. The zero-order valence-electron chi connectivity index (χ0n) is 83.8. The summed E-state index contributed by atoms with van der Waals surface area (Å²) in [6.07, 6.45) is 2.02. The van der Waals surface area contributed by atoms with Gasteiger partial charge in [0.15, 0.2) is 35.3 Å². The summed E-state index contributed by atoms with van der Waals surface area (Å²) in [5, 5.41) is 56.5. The first-order valence-corrected chi connectivity index (χ1v) is 54.0. The van der Waals surface area contributed by atoms with Crippen molar-refractivity contribution in [3.05, 3.63) is 355 Å². The predicted octanol–water partition coefficient (Wildman–Crippen LogP) is 23.8. The van der Waals surface area contributed by atoms with Crippen molar-refractivity contribution in [3.63, 3.8) is 0 Å². The van der Waals surface area contributed by atoms with Crippen LogP contribution in [0.2, 0.25) is 10.0 Å². The molecule has 13 rings (SSSR count). The highest BCUT2D eigenvalue weighted by Gasteiger charge is 2.39. The summed E-state index contributed by atoms with van der Waals surface area (Å²) >= 11 is 12.6. The van der Waals surface area contributed by atoms with E-state index in [-0.39, 0.29) is 111 Å². The molecule has 13 aromatic carbocycles. The van der Waals surface area contributed by atoms with E-state index in [0.29, 0.717) is 39.5 Å². The summed E-state index contributed by atoms with van der Waals surface area (Å²) in [6.45, 7) is 29.3. The van der Waals surface area contributed by atoms with Gasteiger partial charge in [-0.15, -0.1) is 0 Å². The third kappa shape index (κ3) is 29.3. The van der Waals surface area contributed by atoms with Gasteiger partial charge in [0.2, 0.25) is 17.7 Å². The van der Waals surface area contributed by atoms with Crippen molar-refractivity contribution >= 4 is 154 Å². The molecule has 0 bridgehead atoms. The molecule has 0 heterocycles. The lowest BCUT2D eigenvalue weighted by Gasteiger charge is -2.37. The Labute approximate surface area is 864 Å². The first kappa shape index (κ1) is 114. The maximum Gasteiger partial charge on any atom is 0.338 e. The number of sulfone groups is 3. The molecule has 147 heavy (non-hydrogen) atoms. The Morgan fingerprint density at radius 3 is 1.15 bits per heavy atom. The highest BCUT2D eigenvalue weighted by Crippen LogP contribution is 2.44. The maximum atomic E-state index is 14.6. The van der Waals surface area contributed by atoms with Crippen LogP contribution in [0.25, 0.3) is 0 Å². The third-order valence-electron chi connectivity index (χ3n) is 23.7. The van der Waals surface area contributed by atoms with E-state index in [1.54, 1.807) is 181 Å². The summed E-state index contributed by atoms with van der Waals surface area (Å²) in [5.41, 5.74) is 9.91. The molecule has 4 atom stereocenters. The van der Waals surface area contributed by atoms with E-state index < -0.39 is 118 Å². The normalized spacial score (nSPS) is 12.5. The predicted molar refractivity (Wildman–Crippen MR) is 577 cm³/mol. The second-order valence-corrected chi connectivity index (χ2v) is 47.4. The van der Waals surface area contributed by atoms with E-state index in [4.69, 9.17) is 27.9 Å². The van der Waals surface area contributed by atoms with Crippen molar-refractivity contribution < 1.29 is 102 Å². The molecule has 13 N–H and O–H groups in total. The summed E-state index contributed by atoms with van der Waals surface area (Å²) in [6, 6.07) is 67.7. The molecule has 8 amide bonds. The fourth-order valence-corrected chi connectivity index (χ4v) is 21.2. The molecule has 0 radical (unpaired) electrons. The quantitative estimate of drug-likeness (QED) is 0.0203. The molecule has 0 aliphatic carbocycles. The van der Waals surface area contributed by atoms with Gasteiger partial charge in [0, 0.05) is 64.9 Å². The number of hydrogen-bond donors (Lipinski definition) is 13. The highest BCUT2D eigenvalue weighted by atomic mass is 35.5. The van der Waals surface area contributed by atoms with E-state index in [1.807, 2.05) is 72.7 Å². The molecule has 36 heteroatoms. The average Bonchev–Trinajstić information content (AvgIpc) is 0.749. The molecule has 0 spiro atoms. The number of benzene rings is 13. The van der Waals surface area contributed by atoms with E-state index in [1.165, 1.54) is 91.9 Å². The number of aryl methyl sites for hydroxylation is 8. The Morgan fingerprint density at radius 1 is 0.367 bits per heavy atom. The Balaban J connectivity index is 0.000000201. The van der Waals surface area contributed by atoms with E-state index in [2.05, 4.69) is 56.4 Å². The van der Waals surface area contributed by atoms with Crippen LogP contribution < -0.4 is 47.3 Å². The molecule has 772 valence electrons. The molecule has 4 unspecified atom stereocenters. The fraction of sp³-hybridized carbons (Fsp3) is 0.225. The van der Waals surface area contributed by atoms with Gasteiger partial charge in [0.05, 0.1) is 75.1 Å². The molecule has 0 fully saturated rings. The van der Waals surface area contributed by atoms with Gasteiger partial charge in [-0.2, -0.15) is 4.21 Å². The maximum absolute atomic E-state index is 14.6. The number of phenolic OH excluding ortho intramolecular Hbond substituents is 4. The van der Waals surface area contributed by atoms with Crippen molar-refractivity contribution in [3.8, 4) is 34.5 Å². The summed E-state index contributed by atoms with van der Waals surface area (Å²) in [7, 11) is -17.0. The van der Waals surface area contributed by atoms with Crippen LogP contribution in [0.4, 0.5) is 54.7 Å². The minimum atomic E-state index is -5.04. The zero-order valence-corrected chi connectivity index (χ0v) is 88.6. The van der Waals surface area contributed by atoms with Crippen LogP contribution in [0.5, 0.6) is 34.5 Å². The van der Waals surface area contributed by atoms with Crippen molar-refractivity contribution in [2.24, 2.45) is 0 Å². The number of nitrogens with one attached hydrogen (secondary N) is 8. The number of carbonyl (C=O) groups is 8. The van der Waals surface area contributed by atoms with Crippen molar-refractivity contribution in [2.75, 3.05) is 48.8 Å². The van der Waals surface area contributed by atoms with Crippen molar-refractivity contribution in [1.29, 1.82) is 0 Å². The number of phenols is 4. The molecule has 0 saturated heterocycles. The Hall–Kier alpha value is -14.9. The number of halogens is 3. The molecule has 0 aromatic heterocycles. The monoisotopic (exact) mass is 2110 g/mol. The Bertz CT molecular complexity index is 7580. The summed E-state index contributed by atoms with van der Waals surface area (Å²) in [4.78, 5) is 102. The lowest BCUT2D eigenvalue weighted by atomic mass is 9.87. The topological polar surface area (TPSA) is 463 Å². The SMILES string of the molecule is CCC(C(=O)Nc1cc(O)c(NC(=O)c2ccc(C)cc2)cc1Cl)S(=O)(=O)c1cc(C)cc(C)c1.CCC(C(=O)Nc1cc(O)c(NC(=O)c2ccc(C)cc2)cc1Cl)S(=O)(=O)c1ccc(C(C)(C)C)cc1.CCC(C)c1ccc(Oc2cc(NC(=O)c3ccc(C)cc3)c(O)cc2NC(=O)S(C)(=O)(O)c2cccc(C)c2)cc1.Cc1ccc(S(=O)(=O)C(C)C(=O)Nc2cc(O)c(NC(=O)c3cccc(C)c3)cc2F)cc1. The van der Waals surface area contributed by atoms with E-state index >= 15 is 0 Å². The van der Waals surface area contributed by atoms with Crippen LogP contribution in [0.15, 0.2) is 280 Å². The minimum Gasteiger partial charge on any atom is -0.506 e. The largest absolute Gasteiger partial charge is 0.506 e. The Morgan fingerprint density at radius 2 is 0.735 bits per heavy atom. The number of amides is 8. The van der Waals surface area contributed by atoms with Crippen LogP contribution in [0, 0.1) is 61.2 Å². The molecular weight excluding hydrogens is 2000 g/mol. The average molecular weight is 2120 g/mol. The number of ether oxygens (including phenoxy) is 1. The second kappa shape index (κ2) is 48.0. The molecule has 0 aliphatic heterocycles. The molecule has 29 nitrogen and oxygen atoms in total. The third-order valence-corrected chi connectivity index (χ3v) is 33.1. The fourth-order valence-electron chi connectivity index (χ4n) is 14.7. The number of aromatic hydroxyl groups is 4. The van der Waals surface area contributed by atoms with E-state index in [9.17, 15) is 97.2 Å². The molecular formula is C111H117Cl2FN8O21S4. The van der Waals surface area contributed by atoms with Crippen LogP contribution in [-0.2, 0) is 58.7 Å². The standard InChI is InChI=1S/C33H36N2O6S.C28H31ClN2O5S.C26H27ClN2O5S.C24H23FN2O5S/c1-6-23(4)24-14-16-26(17-15-24)41-31-20-28(34-32(37)25-12-10-21(2)11-13-25)30(36)19-29(31)35-33(38)42(5,39,40)27-9-7-8-22(3)18-27;1-6-25(37(35,36)20-13-11-19(12-14-20)28(3,4)5)27(34)30-22-16-24(32)23(15-21(22)29)31-26(33)18-9-7-17(2)8-10-18;1-5-24(35(33,34)19-11-16(3)10-17(4)12-19)26(32)28-21-14-23(30)22(13-20(21)27)29-25(31)18-8-6-15(2)7-9-18;1-14-7-9-18(10-8-14)33(31,32)16(3)23(29)26-20-13-22(28)21(12-19(20)25)27-24(30)17-6-4-5-15(2)11-17/h7-20,23,36H,6H2,1-5H3,(H,34,37)(H,35,38)(H,39,40);7-16,25,32H,6H2,1-5H3,(H,30,34)(H,31,33);6-14,24,30H,5H2,1-4H3,(H,28,32)(H,29,31);4-13,16,28H,1-3H3,(H,26,29)(H,27,30). The minimum absolute atomic E-state index is 0.0205. The van der Waals surface area contributed by atoms with Gasteiger partial charge in [-0.25, -0.2) is 34.4 Å². The van der Waals surface area contributed by atoms with E-state index in [0.717, 1.165) is 74.9 Å². The molecule has 0 aliphatic rings. The van der Waals surface area contributed by atoms with Crippen LogP contribution >= 0.6 is 23.2 Å². The van der Waals surface area contributed by atoms with Crippen LogP contribution in [-0.4, -0.2) is 123 Å². The molecule has 0 saturated carbocycles. The number of anilines is 8. The first-order chi connectivity index (χ1) is 68.9. The second-order valence-electron chi connectivity index (χ2n) is 36.6. The van der Waals surface area contributed by atoms with Crippen LogP contribution in [0.1, 0.15) is 178 Å². The summed E-state index contributed by atoms with van der Waals surface area (Å²) in [5.74, 6) is -6.11. The van der Waals surface area contributed by atoms with Gasteiger partial charge in [0.1, 0.15) is 50.3 Å². The Kier molecular flexibility index (Phi) is 37.2. The molecule has 13 aromatic rings. The number of carbonyl (C=O) groups excluding carboxylic acids is 8. The lowest BCUT2D eigenvalue weighted by Crippen LogP contribution is -2.43. The van der Waals surface area contributed by atoms with Gasteiger partial charge < -0.3 is 67.7 Å². The lowest BCUT2D eigenvalue weighted by molar-refractivity contribution is -0.116.